The van der Waals surface area contributed by atoms with Gasteiger partial charge in [0.1, 0.15) is 5.82 Å². The quantitative estimate of drug-likeness (QED) is 0.446. The van der Waals surface area contributed by atoms with Crippen molar-refractivity contribution < 1.29 is 9.50 Å². The van der Waals surface area contributed by atoms with Crippen LogP contribution in [-0.2, 0) is 19.5 Å². The Hall–Kier alpha value is -2.43. The van der Waals surface area contributed by atoms with E-state index in [1.165, 1.54) is 43.7 Å². The van der Waals surface area contributed by atoms with Gasteiger partial charge in [-0.3, -0.25) is 4.90 Å². The van der Waals surface area contributed by atoms with Gasteiger partial charge in [0.05, 0.1) is 12.6 Å². The summed E-state index contributed by atoms with van der Waals surface area (Å²) in [4.78, 5) is 2.41. The Kier molecular flexibility index (Phi) is 8.13. The van der Waals surface area contributed by atoms with Gasteiger partial charge < -0.3 is 9.67 Å². The number of halogens is 1. The smallest absolute Gasteiger partial charge is 0.128 e. The van der Waals surface area contributed by atoms with Crippen molar-refractivity contribution >= 4 is 0 Å². The Balaban J connectivity index is 1.45. The molecule has 3 aromatic rings. The number of aliphatic hydroxyl groups is 1. The van der Waals surface area contributed by atoms with E-state index in [0.717, 1.165) is 18.8 Å². The summed E-state index contributed by atoms with van der Waals surface area (Å²) in [6.45, 7) is 2.95. The maximum Gasteiger partial charge on any atom is 0.128 e. The monoisotopic (exact) mass is 434 g/mol. The van der Waals surface area contributed by atoms with Gasteiger partial charge in [-0.05, 0) is 48.9 Å². The zero-order valence-electron chi connectivity index (χ0n) is 18.9. The molecule has 1 aliphatic carbocycles. The van der Waals surface area contributed by atoms with Gasteiger partial charge >= 0.3 is 0 Å². The molecule has 1 N–H and O–H groups in total. The number of nitrogens with zero attached hydrogens (tertiary/aromatic N) is 2. The summed E-state index contributed by atoms with van der Waals surface area (Å²) in [5.41, 5.74) is 3.03. The normalized spacial score (nSPS) is 15.8. The molecule has 0 radical (unpaired) electrons. The topological polar surface area (TPSA) is 28.4 Å². The highest BCUT2D eigenvalue weighted by atomic mass is 19.1. The van der Waals surface area contributed by atoms with E-state index in [0.29, 0.717) is 31.0 Å². The summed E-state index contributed by atoms with van der Waals surface area (Å²) in [6, 6.07) is 21.4. The fraction of sp³-hybridized carbons (Fsp3) is 0.429. The minimum atomic E-state index is -0.407. The second-order valence-corrected chi connectivity index (χ2v) is 9.26. The van der Waals surface area contributed by atoms with Crippen LogP contribution in [0.5, 0.6) is 0 Å². The third kappa shape index (κ3) is 6.54. The van der Waals surface area contributed by atoms with E-state index >= 15 is 0 Å². The summed E-state index contributed by atoms with van der Waals surface area (Å²) in [5.74, 6) is 0.534. The number of rotatable bonds is 10. The highest BCUT2D eigenvalue weighted by molar-refractivity contribution is 5.20. The summed E-state index contributed by atoms with van der Waals surface area (Å²) < 4.78 is 16.3. The van der Waals surface area contributed by atoms with Gasteiger partial charge in [-0.15, -0.1) is 0 Å². The first-order valence-electron chi connectivity index (χ1n) is 12.0. The average Bonchev–Trinajstić information content (AvgIpc) is 3.23. The molecule has 1 aliphatic rings. The van der Waals surface area contributed by atoms with Crippen molar-refractivity contribution in [1.82, 2.24) is 9.47 Å². The van der Waals surface area contributed by atoms with E-state index in [4.69, 9.17) is 0 Å². The number of aliphatic hydroxyl groups excluding tert-OH is 1. The summed E-state index contributed by atoms with van der Waals surface area (Å²) in [5, 5.41) is 10.9. The van der Waals surface area contributed by atoms with Crippen LogP contribution in [0.2, 0.25) is 0 Å². The van der Waals surface area contributed by atoms with E-state index < -0.39 is 6.10 Å². The minimum absolute atomic E-state index is 0.163. The molecule has 0 spiro atoms. The number of hydrogen-bond donors (Lipinski definition) is 1. The second-order valence-electron chi connectivity index (χ2n) is 9.26. The zero-order valence-corrected chi connectivity index (χ0v) is 18.9. The van der Waals surface area contributed by atoms with Crippen molar-refractivity contribution in [3.63, 3.8) is 0 Å². The SMILES string of the molecule is O[C@H](Cc1ccccc1)CN(Cc1cccn1Cc1ccccc1F)CC1CCCCC1. The molecule has 4 rings (SSSR count). The maximum absolute atomic E-state index is 14.2. The van der Waals surface area contributed by atoms with Crippen LogP contribution in [0.25, 0.3) is 0 Å². The van der Waals surface area contributed by atoms with Gasteiger partial charge in [-0.1, -0.05) is 67.8 Å². The number of aromatic nitrogens is 1. The fourth-order valence-electron chi connectivity index (χ4n) is 4.97. The van der Waals surface area contributed by atoms with Crippen molar-refractivity contribution in [2.45, 2.75) is 57.7 Å². The van der Waals surface area contributed by atoms with Gasteiger partial charge in [-0.25, -0.2) is 4.39 Å². The molecule has 4 heteroatoms. The van der Waals surface area contributed by atoms with Gasteiger partial charge in [-0.2, -0.15) is 0 Å². The number of benzene rings is 2. The zero-order chi connectivity index (χ0) is 22.2. The van der Waals surface area contributed by atoms with E-state index in [2.05, 4.69) is 27.7 Å². The second kappa shape index (κ2) is 11.4. The first kappa shape index (κ1) is 22.8. The summed E-state index contributed by atoms with van der Waals surface area (Å²) in [6.07, 6.45) is 8.82. The fourth-order valence-corrected chi connectivity index (χ4v) is 4.97. The molecule has 0 bridgehead atoms. The summed E-state index contributed by atoms with van der Waals surface area (Å²) in [7, 11) is 0. The molecule has 0 amide bonds. The molecule has 32 heavy (non-hydrogen) atoms. The van der Waals surface area contributed by atoms with E-state index in [9.17, 15) is 9.50 Å². The van der Waals surface area contributed by atoms with Gasteiger partial charge in [0, 0.05) is 37.1 Å². The maximum atomic E-state index is 14.2. The molecule has 1 atom stereocenters. The van der Waals surface area contributed by atoms with Crippen molar-refractivity contribution in [3.05, 3.63) is 95.6 Å². The standard InChI is InChI=1S/C28H35FN2O/c29-28-16-8-7-14-25(28)20-31-17-9-15-26(31)21-30(19-24-12-5-2-6-13-24)22-27(32)18-23-10-3-1-4-11-23/h1,3-4,7-11,14-17,24,27,32H,2,5-6,12-13,18-22H2/t27-/m1/s1. The van der Waals surface area contributed by atoms with Crippen LogP contribution in [0.3, 0.4) is 0 Å². The van der Waals surface area contributed by atoms with Crippen molar-refractivity contribution in [1.29, 1.82) is 0 Å². The van der Waals surface area contributed by atoms with Crippen LogP contribution >= 0.6 is 0 Å². The Morgan fingerprint density at radius 3 is 2.47 bits per heavy atom. The predicted octanol–water partition coefficient (Wildman–Crippen LogP) is 5.66. The van der Waals surface area contributed by atoms with Crippen molar-refractivity contribution in [3.8, 4) is 0 Å². The van der Waals surface area contributed by atoms with E-state index in [-0.39, 0.29) is 5.82 Å². The van der Waals surface area contributed by atoms with Gasteiger partial charge in [0.15, 0.2) is 0 Å². The first-order valence-corrected chi connectivity index (χ1v) is 12.0. The molecule has 0 aliphatic heterocycles. The highest BCUT2D eigenvalue weighted by Gasteiger charge is 2.21. The molecule has 1 heterocycles. The molecule has 1 fully saturated rings. The third-order valence-electron chi connectivity index (χ3n) is 6.63. The molecular formula is C28H35FN2O. The first-order chi connectivity index (χ1) is 15.7. The lowest BCUT2D eigenvalue weighted by Crippen LogP contribution is -2.37. The van der Waals surface area contributed by atoms with E-state index in [1.807, 2.05) is 42.6 Å². The minimum Gasteiger partial charge on any atom is -0.391 e. The lowest BCUT2D eigenvalue weighted by molar-refractivity contribution is 0.0915. The Labute approximate surface area is 191 Å². The Morgan fingerprint density at radius 2 is 1.69 bits per heavy atom. The molecule has 0 unspecified atom stereocenters. The summed E-state index contributed by atoms with van der Waals surface area (Å²) >= 11 is 0. The molecule has 1 saturated carbocycles. The van der Waals surface area contributed by atoms with Crippen LogP contribution in [0.4, 0.5) is 4.39 Å². The molecule has 1 aromatic heterocycles. The van der Waals surface area contributed by atoms with Crippen LogP contribution in [0.15, 0.2) is 72.9 Å². The molecule has 0 saturated heterocycles. The molecule has 3 nitrogen and oxygen atoms in total. The van der Waals surface area contributed by atoms with Gasteiger partial charge in [0.25, 0.3) is 0 Å². The van der Waals surface area contributed by atoms with Crippen molar-refractivity contribution in [2.24, 2.45) is 5.92 Å². The Bertz CT molecular complexity index is 949. The lowest BCUT2D eigenvalue weighted by Gasteiger charge is -2.31. The lowest BCUT2D eigenvalue weighted by atomic mass is 9.89. The predicted molar refractivity (Wildman–Crippen MR) is 128 cm³/mol. The largest absolute Gasteiger partial charge is 0.391 e. The van der Waals surface area contributed by atoms with Crippen LogP contribution in [0.1, 0.15) is 48.9 Å². The van der Waals surface area contributed by atoms with Crippen LogP contribution in [-0.4, -0.2) is 33.8 Å². The number of hydrogen-bond acceptors (Lipinski definition) is 2. The molecule has 170 valence electrons. The highest BCUT2D eigenvalue weighted by Crippen LogP contribution is 2.25. The van der Waals surface area contributed by atoms with E-state index in [1.54, 1.807) is 6.07 Å². The molecule has 2 aromatic carbocycles. The van der Waals surface area contributed by atoms with Crippen molar-refractivity contribution in [2.75, 3.05) is 13.1 Å². The molecular weight excluding hydrogens is 399 g/mol. The Morgan fingerprint density at radius 1 is 0.938 bits per heavy atom. The van der Waals surface area contributed by atoms with Crippen LogP contribution in [0, 0.1) is 11.7 Å². The van der Waals surface area contributed by atoms with Gasteiger partial charge in [0.2, 0.25) is 0 Å². The third-order valence-corrected chi connectivity index (χ3v) is 6.63. The average molecular weight is 435 g/mol. The van der Waals surface area contributed by atoms with Crippen LogP contribution < -0.4 is 0 Å².